The van der Waals surface area contributed by atoms with Gasteiger partial charge in [0.05, 0.1) is 21.2 Å². The normalized spacial score (nSPS) is 12.5. The molecule has 0 aliphatic heterocycles. The SMILES string of the molecule is CC[C@H](C(=O)NC)N(Cc1ccccc1)C(=O)CN(c1ccc(Cl)c(C(F)(F)F)c1)S(=O)(=O)c1ccc(C)cc1. The molecule has 0 bridgehead atoms. The maximum atomic E-state index is 13.8. The average Bonchev–Trinajstić information content (AvgIpc) is 2.91. The predicted octanol–water partition coefficient (Wildman–Crippen LogP) is 5.42. The summed E-state index contributed by atoms with van der Waals surface area (Å²) in [5.74, 6) is -1.25. The molecule has 0 fully saturated rings. The van der Waals surface area contributed by atoms with Gasteiger partial charge in [-0.05, 0) is 49.2 Å². The van der Waals surface area contributed by atoms with Gasteiger partial charge < -0.3 is 10.2 Å². The molecule has 0 aliphatic rings. The number of carbonyl (C=O) groups is 2. The molecule has 0 aromatic heterocycles. The van der Waals surface area contributed by atoms with E-state index in [1.807, 2.05) is 0 Å². The third kappa shape index (κ3) is 7.14. The maximum Gasteiger partial charge on any atom is 0.417 e. The minimum Gasteiger partial charge on any atom is -0.357 e. The topological polar surface area (TPSA) is 86.8 Å². The summed E-state index contributed by atoms with van der Waals surface area (Å²) in [6, 6.07) is 16.1. The lowest BCUT2D eigenvalue weighted by Gasteiger charge is -2.33. The highest BCUT2D eigenvalue weighted by atomic mass is 35.5. The van der Waals surface area contributed by atoms with E-state index in [9.17, 15) is 31.2 Å². The number of likely N-dealkylation sites (N-methyl/N-ethyl adjacent to an activating group) is 1. The summed E-state index contributed by atoms with van der Waals surface area (Å²) in [6.45, 7) is 2.55. The summed E-state index contributed by atoms with van der Waals surface area (Å²) in [7, 11) is -3.12. The summed E-state index contributed by atoms with van der Waals surface area (Å²) in [5, 5.41) is 1.89. The number of alkyl halides is 3. The smallest absolute Gasteiger partial charge is 0.357 e. The van der Waals surface area contributed by atoms with Crippen molar-refractivity contribution in [2.75, 3.05) is 17.9 Å². The van der Waals surface area contributed by atoms with E-state index in [-0.39, 0.29) is 17.9 Å². The Bertz CT molecular complexity index is 1450. The molecule has 3 aromatic rings. The van der Waals surface area contributed by atoms with E-state index < -0.39 is 56.9 Å². The van der Waals surface area contributed by atoms with E-state index in [1.165, 1.54) is 36.2 Å². The number of halogens is 4. The van der Waals surface area contributed by atoms with E-state index in [0.717, 1.165) is 17.7 Å². The summed E-state index contributed by atoms with van der Waals surface area (Å²) in [6.07, 6.45) is -4.66. The first-order valence-corrected chi connectivity index (χ1v) is 14.1. The van der Waals surface area contributed by atoms with Crippen LogP contribution in [0.4, 0.5) is 18.9 Å². The number of nitrogens with one attached hydrogen (secondary N) is 1. The second-order valence-corrected chi connectivity index (χ2v) is 11.3. The molecule has 1 N–H and O–H groups in total. The Morgan fingerprint density at radius 3 is 2.17 bits per heavy atom. The molecule has 0 aliphatic carbocycles. The fraction of sp³-hybridized carbons (Fsp3) is 0.286. The first kappa shape index (κ1) is 31.0. The van der Waals surface area contributed by atoms with E-state index >= 15 is 0 Å². The van der Waals surface area contributed by atoms with Gasteiger partial charge in [0, 0.05) is 13.6 Å². The van der Waals surface area contributed by atoms with Crippen LogP contribution in [-0.2, 0) is 32.3 Å². The van der Waals surface area contributed by atoms with E-state index in [2.05, 4.69) is 5.32 Å². The number of hydrogen-bond acceptors (Lipinski definition) is 4. The van der Waals surface area contributed by atoms with Crippen molar-refractivity contribution >= 4 is 39.1 Å². The minimum absolute atomic E-state index is 0.0293. The number of anilines is 1. The van der Waals surface area contributed by atoms with Crippen molar-refractivity contribution in [2.45, 2.75) is 43.9 Å². The van der Waals surface area contributed by atoms with Crippen LogP contribution in [-0.4, -0.2) is 44.8 Å². The molecule has 40 heavy (non-hydrogen) atoms. The molecule has 3 rings (SSSR count). The van der Waals surface area contributed by atoms with Gasteiger partial charge in [-0.25, -0.2) is 8.42 Å². The van der Waals surface area contributed by atoms with Crippen molar-refractivity contribution in [1.82, 2.24) is 10.2 Å². The number of sulfonamides is 1. The molecule has 0 spiro atoms. The van der Waals surface area contributed by atoms with Crippen LogP contribution >= 0.6 is 11.6 Å². The lowest BCUT2D eigenvalue weighted by Crippen LogP contribution is -2.51. The van der Waals surface area contributed by atoms with Crippen molar-refractivity contribution in [3.8, 4) is 0 Å². The number of benzene rings is 3. The van der Waals surface area contributed by atoms with Crippen molar-refractivity contribution < 1.29 is 31.2 Å². The largest absolute Gasteiger partial charge is 0.417 e. The van der Waals surface area contributed by atoms with Crippen molar-refractivity contribution in [2.24, 2.45) is 0 Å². The Morgan fingerprint density at radius 1 is 1.00 bits per heavy atom. The Hall–Kier alpha value is -3.57. The maximum absolute atomic E-state index is 13.8. The molecule has 214 valence electrons. The van der Waals surface area contributed by atoms with Gasteiger partial charge in [-0.2, -0.15) is 13.2 Å². The van der Waals surface area contributed by atoms with Crippen LogP contribution in [0.3, 0.4) is 0 Å². The van der Waals surface area contributed by atoms with Gasteiger partial charge >= 0.3 is 6.18 Å². The van der Waals surface area contributed by atoms with Crippen LogP contribution < -0.4 is 9.62 Å². The van der Waals surface area contributed by atoms with Crippen molar-refractivity contribution in [1.29, 1.82) is 0 Å². The quantitative estimate of drug-likeness (QED) is 0.339. The Labute approximate surface area is 236 Å². The van der Waals surface area contributed by atoms with E-state index in [4.69, 9.17) is 11.6 Å². The number of amides is 2. The van der Waals surface area contributed by atoms with Gasteiger partial charge in [0.1, 0.15) is 12.6 Å². The zero-order chi connectivity index (χ0) is 29.7. The molecule has 0 saturated carbocycles. The molecule has 0 unspecified atom stereocenters. The Kier molecular flexibility index (Phi) is 9.86. The molecule has 0 heterocycles. The molecule has 3 aromatic carbocycles. The zero-order valence-electron chi connectivity index (χ0n) is 22.1. The van der Waals surface area contributed by atoms with Crippen molar-refractivity contribution in [3.05, 3.63) is 94.5 Å². The number of hydrogen-bond donors (Lipinski definition) is 1. The molecule has 0 saturated heterocycles. The van der Waals surface area contributed by atoms with Gasteiger partial charge in [-0.1, -0.05) is 66.6 Å². The monoisotopic (exact) mass is 595 g/mol. The molecule has 0 radical (unpaired) electrons. The summed E-state index contributed by atoms with van der Waals surface area (Å²) in [4.78, 5) is 27.5. The van der Waals surface area contributed by atoms with Gasteiger partial charge in [0.2, 0.25) is 11.8 Å². The lowest BCUT2D eigenvalue weighted by molar-refractivity contribution is -0.140. The van der Waals surface area contributed by atoms with E-state index in [0.29, 0.717) is 15.9 Å². The molecular formula is C28H29ClF3N3O4S. The van der Waals surface area contributed by atoms with Gasteiger partial charge in [-0.15, -0.1) is 0 Å². The first-order valence-electron chi connectivity index (χ1n) is 12.3. The van der Waals surface area contributed by atoms with Crippen LogP contribution in [0.1, 0.15) is 30.0 Å². The number of carbonyl (C=O) groups excluding carboxylic acids is 2. The second kappa shape index (κ2) is 12.7. The highest BCUT2D eigenvalue weighted by molar-refractivity contribution is 7.92. The summed E-state index contributed by atoms with van der Waals surface area (Å²) in [5.41, 5.74) is -0.214. The standard InChI is InChI=1S/C28H29ClF3N3O4S/c1-4-25(27(37)33-3)34(17-20-8-6-5-7-9-20)26(36)18-35(40(38,39)22-13-10-19(2)11-14-22)21-12-15-24(29)23(16-21)28(30,31)32/h5-16,25H,4,17-18H2,1-3H3,(H,33,37)/t25-/m1/s1. The van der Waals surface area contributed by atoms with Crippen LogP contribution in [0.25, 0.3) is 0 Å². The highest BCUT2D eigenvalue weighted by Gasteiger charge is 2.37. The van der Waals surface area contributed by atoms with E-state index in [1.54, 1.807) is 44.2 Å². The number of aryl methyl sites for hydroxylation is 1. The summed E-state index contributed by atoms with van der Waals surface area (Å²) >= 11 is 5.78. The van der Waals surface area contributed by atoms with Crippen molar-refractivity contribution in [3.63, 3.8) is 0 Å². The fourth-order valence-electron chi connectivity index (χ4n) is 4.12. The summed E-state index contributed by atoms with van der Waals surface area (Å²) < 4.78 is 69.3. The second-order valence-electron chi connectivity index (χ2n) is 9.03. The zero-order valence-corrected chi connectivity index (χ0v) is 23.6. The van der Waals surface area contributed by atoms with Crippen LogP contribution in [0.5, 0.6) is 0 Å². The predicted molar refractivity (Wildman–Crippen MR) is 147 cm³/mol. The highest BCUT2D eigenvalue weighted by Crippen LogP contribution is 2.38. The molecular weight excluding hydrogens is 567 g/mol. The average molecular weight is 596 g/mol. The van der Waals surface area contributed by atoms with Crippen LogP contribution in [0.2, 0.25) is 5.02 Å². The molecule has 2 amide bonds. The first-order chi connectivity index (χ1) is 18.8. The molecule has 12 heteroatoms. The number of rotatable bonds is 10. The Morgan fingerprint density at radius 2 is 1.62 bits per heavy atom. The molecule has 1 atom stereocenters. The van der Waals surface area contributed by atoms with Crippen LogP contribution in [0, 0.1) is 6.92 Å². The van der Waals surface area contributed by atoms with Crippen LogP contribution in [0.15, 0.2) is 77.7 Å². The lowest BCUT2D eigenvalue weighted by atomic mass is 10.1. The fourth-order valence-corrected chi connectivity index (χ4v) is 5.75. The van der Waals surface area contributed by atoms with Gasteiger partial charge in [0.25, 0.3) is 10.0 Å². The van der Waals surface area contributed by atoms with Gasteiger partial charge in [-0.3, -0.25) is 13.9 Å². The third-order valence-corrected chi connectivity index (χ3v) is 8.38. The number of nitrogens with zero attached hydrogens (tertiary/aromatic N) is 2. The Balaban J connectivity index is 2.14. The van der Waals surface area contributed by atoms with Gasteiger partial charge in [0.15, 0.2) is 0 Å². The third-order valence-electron chi connectivity index (χ3n) is 6.26. The minimum atomic E-state index is -4.87. The molecule has 7 nitrogen and oxygen atoms in total.